The number of hydrogen-bond donors (Lipinski definition) is 2. The van der Waals surface area contributed by atoms with Crippen LogP contribution in [0, 0.1) is 6.92 Å². The summed E-state index contributed by atoms with van der Waals surface area (Å²) in [5.74, 6) is 2.12. The second-order valence-electron chi connectivity index (χ2n) is 6.86. The number of nitrogens with zero attached hydrogens (tertiary/aromatic N) is 3. The number of halogens is 1. The number of nitrogens with one attached hydrogen (secondary N) is 2. The Morgan fingerprint density at radius 2 is 2.29 bits per heavy atom. The molecule has 2 aliphatic heterocycles. The highest BCUT2D eigenvalue weighted by atomic mass is 32.2. The molecule has 150 valence electrons. The molecule has 0 saturated heterocycles. The Hall–Kier alpha value is -2.30. The third kappa shape index (κ3) is 3.67. The molecular weight excluding hydrogens is 385 g/mol. The van der Waals surface area contributed by atoms with Gasteiger partial charge in [0.1, 0.15) is 23.1 Å². The Kier molecular flexibility index (Phi) is 5.17. The van der Waals surface area contributed by atoms with Crippen LogP contribution < -0.4 is 14.8 Å². The second-order valence-corrected chi connectivity index (χ2v) is 7.62. The fourth-order valence-corrected chi connectivity index (χ4v) is 3.90. The fourth-order valence-electron chi connectivity index (χ4n) is 3.64. The van der Waals surface area contributed by atoms with Gasteiger partial charge in [-0.05, 0) is 36.6 Å². The van der Waals surface area contributed by atoms with Gasteiger partial charge >= 0.3 is 0 Å². The van der Waals surface area contributed by atoms with E-state index < -0.39 is 17.7 Å². The molecule has 8 nitrogen and oxygen atoms in total. The predicted octanol–water partition coefficient (Wildman–Crippen LogP) is 1.59. The Labute approximate surface area is 164 Å². The minimum absolute atomic E-state index is 0.174. The van der Waals surface area contributed by atoms with Crippen molar-refractivity contribution in [3.8, 4) is 5.75 Å². The van der Waals surface area contributed by atoms with E-state index in [-0.39, 0.29) is 6.54 Å². The number of alkyl halides is 1. The average molecular weight is 406 g/mol. The highest BCUT2D eigenvalue weighted by Crippen LogP contribution is 2.31. The van der Waals surface area contributed by atoms with E-state index in [9.17, 15) is 13.2 Å². The maximum absolute atomic E-state index is 13.9. The van der Waals surface area contributed by atoms with Crippen molar-refractivity contribution in [3.63, 3.8) is 0 Å². The monoisotopic (exact) mass is 406 g/mol. The molecule has 2 aliphatic rings. The lowest BCUT2D eigenvalue weighted by molar-refractivity contribution is 0.356. The van der Waals surface area contributed by atoms with E-state index >= 15 is 0 Å². The third-order valence-corrected chi connectivity index (χ3v) is 5.44. The van der Waals surface area contributed by atoms with Gasteiger partial charge in [0.2, 0.25) is 0 Å². The molecule has 10 heteroatoms. The minimum Gasteiger partial charge on any atom is -0.760 e. The van der Waals surface area contributed by atoms with Gasteiger partial charge in [0.15, 0.2) is 0 Å². The van der Waals surface area contributed by atoms with E-state index in [1.54, 1.807) is 6.92 Å². The van der Waals surface area contributed by atoms with Gasteiger partial charge in [-0.25, -0.2) is 14.7 Å². The van der Waals surface area contributed by atoms with Crippen LogP contribution in [0.15, 0.2) is 17.1 Å². The number of imidazole rings is 1. The van der Waals surface area contributed by atoms with Crippen LogP contribution in [0.3, 0.4) is 0 Å². The van der Waals surface area contributed by atoms with Gasteiger partial charge in [0, 0.05) is 37.2 Å². The lowest BCUT2D eigenvalue weighted by Gasteiger charge is -2.19. The van der Waals surface area contributed by atoms with Gasteiger partial charge < -0.3 is 19.2 Å². The molecule has 0 spiro atoms. The molecule has 2 N–H and O–H groups in total. The largest absolute Gasteiger partial charge is 0.760 e. The molecular formula is C18H21FN5O3S-. The molecule has 2 atom stereocenters. The quantitative estimate of drug-likeness (QED) is 0.560. The normalized spacial score (nSPS) is 18.7. The molecule has 0 aliphatic carbocycles. The van der Waals surface area contributed by atoms with Gasteiger partial charge in [-0.3, -0.25) is 4.21 Å². The number of anilines is 1. The predicted molar refractivity (Wildman–Crippen MR) is 103 cm³/mol. The summed E-state index contributed by atoms with van der Waals surface area (Å²) in [4.78, 5) is 8.56. The summed E-state index contributed by atoms with van der Waals surface area (Å²) in [6.07, 6.45) is -0.121. The van der Waals surface area contributed by atoms with Crippen LogP contribution in [0.4, 0.5) is 10.2 Å². The number of ether oxygens (including phenoxy) is 1. The van der Waals surface area contributed by atoms with Gasteiger partial charge in [-0.15, -0.1) is 0 Å². The van der Waals surface area contributed by atoms with E-state index in [4.69, 9.17) is 4.74 Å². The molecule has 2 aromatic rings. The van der Waals surface area contributed by atoms with Crippen LogP contribution >= 0.6 is 0 Å². The molecule has 28 heavy (non-hydrogen) atoms. The lowest BCUT2D eigenvalue weighted by atomic mass is 10.0. The fraction of sp³-hybridized carbons (Fsp3) is 0.444. The van der Waals surface area contributed by atoms with Gasteiger partial charge in [0.05, 0.1) is 12.3 Å². The highest BCUT2D eigenvalue weighted by Gasteiger charge is 2.26. The van der Waals surface area contributed by atoms with Crippen molar-refractivity contribution in [1.82, 2.24) is 14.3 Å². The van der Waals surface area contributed by atoms with Crippen LogP contribution in [-0.4, -0.2) is 43.6 Å². The topological polar surface area (TPSA) is 104 Å². The third-order valence-electron chi connectivity index (χ3n) is 5.00. The van der Waals surface area contributed by atoms with Crippen molar-refractivity contribution in [2.45, 2.75) is 39.7 Å². The van der Waals surface area contributed by atoms with E-state index in [1.807, 2.05) is 17.6 Å². The molecule has 0 radical (unpaired) electrons. The zero-order valence-electron chi connectivity index (χ0n) is 15.6. The van der Waals surface area contributed by atoms with E-state index in [0.29, 0.717) is 42.6 Å². The minimum atomic E-state index is -2.36. The second kappa shape index (κ2) is 7.61. The van der Waals surface area contributed by atoms with Crippen molar-refractivity contribution in [1.29, 1.82) is 0 Å². The number of rotatable bonds is 6. The number of benzene rings is 1. The number of aromatic nitrogens is 2. The Bertz CT molecular complexity index is 975. The van der Waals surface area contributed by atoms with E-state index in [1.165, 1.54) is 5.56 Å². The molecule has 0 amide bonds. The van der Waals surface area contributed by atoms with Crippen LogP contribution in [0.2, 0.25) is 0 Å². The number of aryl methyl sites for hydroxylation is 1. The first-order valence-corrected chi connectivity index (χ1v) is 10.1. The average Bonchev–Trinajstić information content (AvgIpc) is 3.20. The number of aliphatic imine (C=N–C) groups is 1. The van der Waals surface area contributed by atoms with Crippen LogP contribution in [0.5, 0.6) is 5.75 Å². The molecule has 2 unspecified atom stereocenters. The molecule has 4 rings (SSSR count). The zero-order valence-corrected chi connectivity index (χ0v) is 16.4. The first-order chi connectivity index (χ1) is 13.4. The number of fused-ring (bicyclic) bond motifs is 2. The highest BCUT2D eigenvalue weighted by molar-refractivity contribution is 7.77. The molecule has 3 heterocycles. The maximum Gasteiger partial charge on any atom is 0.265 e. The van der Waals surface area contributed by atoms with Crippen molar-refractivity contribution >= 4 is 22.8 Å². The number of hydrogen-bond acceptors (Lipinski definition) is 6. The molecule has 1 aromatic carbocycles. The summed E-state index contributed by atoms with van der Waals surface area (Å²) in [6.45, 7) is 4.95. The van der Waals surface area contributed by atoms with Crippen molar-refractivity contribution in [2.24, 2.45) is 4.99 Å². The smallest absolute Gasteiger partial charge is 0.265 e. The van der Waals surface area contributed by atoms with Crippen molar-refractivity contribution in [2.75, 3.05) is 18.5 Å². The summed E-state index contributed by atoms with van der Waals surface area (Å²) in [5.41, 5.74) is 4.50. The first-order valence-electron chi connectivity index (χ1n) is 9.05. The summed E-state index contributed by atoms with van der Waals surface area (Å²) < 4.78 is 45.4. The molecule has 1 aromatic heterocycles. The maximum atomic E-state index is 13.9. The van der Waals surface area contributed by atoms with Gasteiger partial charge in [-0.2, -0.15) is 4.39 Å². The zero-order chi connectivity index (χ0) is 19.8. The summed E-state index contributed by atoms with van der Waals surface area (Å²) in [6, 6.07) is 4.17. The van der Waals surface area contributed by atoms with Gasteiger partial charge in [0.25, 0.3) is 6.42 Å². The summed E-state index contributed by atoms with van der Waals surface area (Å²) >= 11 is -2.36. The lowest BCUT2D eigenvalue weighted by Crippen LogP contribution is -2.26. The van der Waals surface area contributed by atoms with E-state index in [0.717, 1.165) is 23.3 Å². The van der Waals surface area contributed by atoms with Crippen LogP contribution in [-0.2, 0) is 30.7 Å². The molecule has 0 bridgehead atoms. The van der Waals surface area contributed by atoms with Crippen molar-refractivity contribution in [3.05, 3.63) is 40.3 Å². The SMILES string of the molecule is CC1=NC(F)Nc2c1nc(Cc1cc3c(cc1C)CCO3)n2CCNS(=O)[O-]. The molecule has 0 saturated carbocycles. The van der Waals surface area contributed by atoms with E-state index in [2.05, 4.69) is 26.1 Å². The first kappa shape index (κ1) is 19.0. The van der Waals surface area contributed by atoms with Crippen LogP contribution in [0.25, 0.3) is 0 Å². The standard InChI is InChI=1S/C18H22FN5O3S/c1-10-7-12-3-6-27-14(12)8-13(10)9-15-22-16-11(2)21-18(19)23-17(16)24(15)5-4-20-28(25)26/h7-8,18,20,23H,3-6,9H2,1-2H3,(H,25,26)/p-1. The Morgan fingerprint density at radius 3 is 3.07 bits per heavy atom. The van der Waals surface area contributed by atoms with Gasteiger partial charge in [-0.1, -0.05) is 6.07 Å². The van der Waals surface area contributed by atoms with Crippen molar-refractivity contribution < 1.29 is 17.9 Å². The summed E-state index contributed by atoms with van der Waals surface area (Å²) in [7, 11) is 0. The van der Waals surface area contributed by atoms with Crippen LogP contribution in [0.1, 0.15) is 35.1 Å². The molecule has 0 fully saturated rings. The Morgan fingerprint density at radius 1 is 1.46 bits per heavy atom. The Balaban J connectivity index is 1.69. The summed E-state index contributed by atoms with van der Waals surface area (Å²) in [5, 5.41) is 2.70.